The van der Waals surface area contributed by atoms with Crippen molar-refractivity contribution in [3.05, 3.63) is 0 Å². The number of alkyl halides is 3. The molecule has 2 amide bonds. The smallest absolute Gasteiger partial charge is 0.406 e. The molecule has 1 aliphatic heterocycles. The standard InChI is InChI=1S/C11H17F3N2O3/c1-2-15(7-11(12,13)14)10(19)16-5-3-8(4-6-16)9(17)18/h8H,2-7H2,1H3,(H,17,18). The summed E-state index contributed by atoms with van der Waals surface area (Å²) in [4.78, 5) is 24.6. The van der Waals surface area contributed by atoms with Crippen molar-refractivity contribution in [3.63, 3.8) is 0 Å². The van der Waals surface area contributed by atoms with Crippen LogP contribution in [0.5, 0.6) is 0 Å². The molecule has 110 valence electrons. The van der Waals surface area contributed by atoms with Crippen LogP contribution < -0.4 is 0 Å². The van der Waals surface area contributed by atoms with Gasteiger partial charge in [0, 0.05) is 19.6 Å². The topological polar surface area (TPSA) is 60.9 Å². The molecular formula is C11H17F3N2O3. The number of halogens is 3. The van der Waals surface area contributed by atoms with E-state index in [-0.39, 0.29) is 32.5 Å². The highest BCUT2D eigenvalue weighted by atomic mass is 19.4. The van der Waals surface area contributed by atoms with Gasteiger partial charge in [-0.3, -0.25) is 4.79 Å². The van der Waals surface area contributed by atoms with Crippen molar-refractivity contribution in [1.29, 1.82) is 0 Å². The van der Waals surface area contributed by atoms with Crippen LogP contribution in [-0.2, 0) is 4.79 Å². The molecule has 8 heteroatoms. The van der Waals surface area contributed by atoms with Crippen LogP contribution >= 0.6 is 0 Å². The summed E-state index contributed by atoms with van der Waals surface area (Å²) < 4.78 is 36.9. The number of carbonyl (C=O) groups excluding carboxylic acids is 1. The van der Waals surface area contributed by atoms with Gasteiger partial charge in [-0.05, 0) is 19.8 Å². The first-order valence-corrected chi connectivity index (χ1v) is 6.08. The molecule has 0 radical (unpaired) electrons. The Morgan fingerprint density at radius 2 is 1.84 bits per heavy atom. The van der Waals surface area contributed by atoms with Crippen molar-refractivity contribution in [3.8, 4) is 0 Å². The maximum absolute atomic E-state index is 12.3. The number of amides is 2. The minimum atomic E-state index is -4.43. The number of hydrogen-bond acceptors (Lipinski definition) is 2. The van der Waals surface area contributed by atoms with Gasteiger partial charge in [0.25, 0.3) is 0 Å². The molecule has 0 aromatic heterocycles. The van der Waals surface area contributed by atoms with Crippen molar-refractivity contribution < 1.29 is 27.9 Å². The highest BCUT2D eigenvalue weighted by Crippen LogP contribution is 2.21. The van der Waals surface area contributed by atoms with E-state index in [1.807, 2.05) is 0 Å². The maximum Gasteiger partial charge on any atom is 0.406 e. The Kier molecular flexibility index (Phi) is 5.02. The number of likely N-dealkylation sites (tertiary alicyclic amines) is 1. The second kappa shape index (κ2) is 6.12. The molecule has 0 spiro atoms. The minimum Gasteiger partial charge on any atom is -0.481 e. The van der Waals surface area contributed by atoms with Crippen molar-refractivity contribution in [2.75, 3.05) is 26.2 Å². The van der Waals surface area contributed by atoms with Gasteiger partial charge in [-0.2, -0.15) is 13.2 Å². The summed E-state index contributed by atoms with van der Waals surface area (Å²) in [6.45, 7) is 0.542. The molecule has 0 saturated carbocycles. The van der Waals surface area contributed by atoms with Gasteiger partial charge < -0.3 is 14.9 Å². The van der Waals surface area contributed by atoms with Crippen molar-refractivity contribution in [2.24, 2.45) is 5.92 Å². The monoisotopic (exact) mass is 282 g/mol. The fourth-order valence-corrected chi connectivity index (χ4v) is 2.05. The quantitative estimate of drug-likeness (QED) is 0.858. The van der Waals surface area contributed by atoms with E-state index in [0.29, 0.717) is 0 Å². The maximum atomic E-state index is 12.3. The summed E-state index contributed by atoms with van der Waals surface area (Å²) in [7, 11) is 0. The molecule has 0 aromatic rings. The predicted octanol–water partition coefficient (Wildman–Crippen LogP) is 1.79. The van der Waals surface area contributed by atoms with Crippen molar-refractivity contribution >= 4 is 12.0 Å². The van der Waals surface area contributed by atoms with E-state index in [4.69, 9.17) is 5.11 Å². The van der Waals surface area contributed by atoms with Gasteiger partial charge in [-0.25, -0.2) is 4.79 Å². The van der Waals surface area contributed by atoms with Gasteiger partial charge in [0.2, 0.25) is 0 Å². The average Bonchev–Trinajstić information content (AvgIpc) is 2.34. The first kappa shape index (κ1) is 15.6. The van der Waals surface area contributed by atoms with E-state index in [0.717, 1.165) is 4.90 Å². The Morgan fingerprint density at radius 3 is 2.21 bits per heavy atom. The normalized spacial score (nSPS) is 17.4. The van der Waals surface area contributed by atoms with Gasteiger partial charge in [0.05, 0.1) is 5.92 Å². The Morgan fingerprint density at radius 1 is 1.32 bits per heavy atom. The third kappa shape index (κ3) is 4.60. The Balaban J connectivity index is 2.55. The van der Waals surface area contributed by atoms with Gasteiger partial charge in [0.15, 0.2) is 0 Å². The van der Waals surface area contributed by atoms with Crippen LogP contribution in [0.1, 0.15) is 19.8 Å². The third-order valence-corrected chi connectivity index (χ3v) is 3.14. The van der Waals surface area contributed by atoms with Crippen LogP contribution in [0, 0.1) is 5.92 Å². The first-order chi connectivity index (χ1) is 8.74. The molecule has 19 heavy (non-hydrogen) atoms. The molecule has 0 atom stereocenters. The third-order valence-electron chi connectivity index (χ3n) is 3.14. The minimum absolute atomic E-state index is 0.0306. The zero-order valence-corrected chi connectivity index (χ0v) is 10.6. The van der Waals surface area contributed by atoms with E-state index in [2.05, 4.69) is 0 Å². The molecule has 1 heterocycles. The zero-order valence-electron chi connectivity index (χ0n) is 10.6. The van der Waals surface area contributed by atoms with E-state index in [1.54, 1.807) is 0 Å². The number of rotatable bonds is 3. The van der Waals surface area contributed by atoms with Crippen LogP contribution in [0.25, 0.3) is 0 Å². The van der Waals surface area contributed by atoms with Crippen molar-refractivity contribution in [2.45, 2.75) is 25.9 Å². The molecule has 1 fully saturated rings. The van der Waals surface area contributed by atoms with Crippen LogP contribution in [0.15, 0.2) is 0 Å². The zero-order chi connectivity index (χ0) is 14.6. The molecule has 1 N–H and O–H groups in total. The first-order valence-electron chi connectivity index (χ1n) is 6.08. The second-order valence-corrected chi connectivity index (χ2v) is 4.51. The molecule has 0 unspecified atom stereocenters. The fourth-order valence-electron chi connectivity index (χ4n) is 2.05. The number of carboxylic acid groups (broad SMARTS) is 1. The van der Waals surface area contributed by atoms with E-state index in [1.165, 1.54) is 11.8 Å². The number of carbonyl (C=O) groups is 2. The van der Waals surface area contributed by atoms with Crippen LogP contribution in [0.4, 0.5) is 18.0 Å². The Labute approximate surface area is 109 Å². The summed E-state index contributed by atoms with van der Waals surface area (Å²) in [6, 6.07) is -0.677. The number of aliphatic carboxylic acids is 1. The summed E-state index contributed by atoms with van der Waals surface area (Å²) in [5.41, 5.74) is 0. The molecule has 1 saturated heterocycles. The van der Waals surface area contributed by atoms with E-state index in [9.17, 15) is 22.8 Å². The van der Waals surface area contributed by atoms with Gasteiger partial charge >= 0.3 is 18.2 Å². The number of nitrogens with zero attached hydrogens (tertiary/aromatic N) is 2. The van der Waals surface area contributed by atoms with Crippen LogP contribution in [0.3, 0.4) is 0 Å². The molecule has 5 nitrogen and oxygen atoms in total. The summed E-state index contributed by atoms with van der Waals surface area (Å²) in [5, 5.41) is 8.81. The second-order valence-electron chi connectivity index (χ2n) is 4.51. The van der Waals surface area contributed by atoms with Crippen LogP contribution in [-0.4, -0.2) is 59.3 Å². The number of piperidine rings is 1. The van der Waals surface area contributed by atoms with Gasteiger partial charge in [-0.15, -0.1) is 0 Å². The van der Waals surface area contributed by atoms with E-state index < -0.39 is 30.6 Å². The van der Waals surface area contributed by atoms with Crippen LogP contribution in [0.2, 0.25) is 0 Å². The molecule has 0 aliphatic carbocycles. The van der Waals surface area contributed by atoms with Crippen molar-refractivity contribution in [1.82, 2.24) is 9.80 Å². The number of urea groups is 1. The lowest BCUT2D eigenvalue weighted by Gasteiger charge is -2.34. The lowest BCUT2D eigenvalue weighted by Crippen LogP contribution is -2.49. The number of hydrogen-bond donors (Lipinski definition) is 1. The molecule has 1 rings (SSSR count). The highest BCUT2D eigenvalue weighted by molar-refractivity contribution is 5.75. The fraction of sp³-hybridized carbons (Fsp3) is 0.818. The SMILES string of the molecule is CCN(CC(F)(F)F)C(=O)N1CCC(C(=O)O)CC1. The molecular weight excluding hydrogens is 265 g/mol. The van der Waals surface area contributed by atoms with E-state index >= 15 is 0 Å². The highest BCUT2D eigenvalue weighted by Gasteiger charge is 2.35. The summed E-state index contributed by atoms with van der Waals surface area (Å²) in [5.74, 6) is -1.43. The molecule has 0 bridgehead atoms. The molecule has 0 aromatic carbocycles. The summed E-state index contributed by atoms with van der Waals surface area (Å²) in [6.07, 6.45) is -3.86. The lowest BCUT2D eigenvalue weighted by molar-refractivity contribution is -0.143. The van der Waals surface area contributed by atoms with Gasteiger partial charge in [-0.1, -0.05) is 0 Å². The van der Waals surface area contributed by atoms with Gasteiger partial charge in [0.1, 0.15) is 6.54 Å². The Hall–Kier alpha value is -1.47. The predicted molar refractivity (Wildman–Crippen MR) is 60.6 cm³/mol. The Bertz CT molecular complexity index is 339. The summed E-state index contributed by atoms with van der Waals surface area (Å²) >= 11 is 0. The largest absolute Gasteiger partial charge is 0.481 e. The average molecular weight is 282 g/mol. The number of carboxylic acids is 1. The lowest BCUT2D eigenvalue weighted by atomic mass is 9.97. The molecule has 1 aliphatic rings.